The van der Waals surface area contributed by atoms with Crippen LogP contribution in [0.4, 0.5) is 0 Å². The third kappa shape index (κ3) is 2.64. The smallest absolute Gasteiger partial charge is 0.0685 e. The zero-order valence-electron chi connectivity index (χ0n) is 10.7. The summed E-state index contributed by atoms with van der Waals surface area (Å²) >= 11 is 12.0. The summed E-state index contributed by atoms with van der Waals surface area (Å²) in [6.07, 6.45) is 4.39. The Morgan fingerprint density at radius 1 is 1.26 bits per heavy atom. The predicted molar refractivity (Wildman–Crippen MR) is 76.8 cm³/mol. The number of hydrogen-bond acceptors (Lipinski definition) is 2. The molecule has 2 unspecified atom stereocenters. The Balaban J connectivity index is 1.83. The van der Waals surface area contributed by atoms with Crippen molar-refractivity contribution >= 4 is 23.2 Å². The first kappa shape index (κ1) is 13.7. The van der Waals surface area contributed by atoms with E-state index in [1.807, 2.05) is 18.2 Å². The number of aliphatic hydroxyl groups excluding tert-OH is 1. The zero-order chi connectivity index (χ0) is 13.5. The standard InChI is InChI=1S/C15H18Cl2O2/c16-12-4-1-10(7-13(12)17)8-15(9-18)5-6-19-14(15)11-2-3-11/h1,4,7,11,14,18H,2-3,5-6,8-9H2. The Labute approximate surface area is 123 Å². The van der Waals surface area contributed by atoms with Crippen LogP contribution in [0.2, 0.25) is 10.0 Å². The van der Waals surface area contributed by atoms with E-state index in [-0.39, 0.29) is 18.1 Å². The van der Waals surface area contributed by atoms with E-state index in [1.165, 1.54) is 12.8 Å². The first-order valence-electron chi connectivity index (χ1n) is 6.81. The van der Waals surface area contributed by atoms with Crippen LogP contribution in [-0.2, 0) is 11.2 Å². The second kappa shape index (κ2) is 5.25. The molecule has 1 saturated heterocycles. The molecule has 2 atom stereocenters. The van der Waals surface area contributed by atoms with Gasteiger partial charge < -0.3 is 9.84 Å². The SMILES string of the molecule is OCC1(Cc2ccc(Cl)c(Cl)c2)CCOC1C1CC1. The number of ether oxygens (including phenoxy) is 1. The van der Waals surface area contributed by atoms with Gasteiger partial charge in [0.15, 0.2) is 0 Å². The van der Waals surface area contributed by atoms with Gasteiger partial charge in [-0.25, -0.2) is 0 Å². The van der Waals surface area contributed by atoms with Gasteiger partial charge in [0.05, 0.1) is 22.8 Å². The lowest BCUT2D eigenvalue weighted by Gasteiger charge is -2.32. The number of hydrogen-bond donors (Lipinski definition) is 1. The number of benzene rings is 1. The van der Waals surface area contributed by atoms with Crippen molar-refractivity contribution in [3.8, 4) is 0 Å². The van der Waals surface area contributed by atoms with Gasteiger partial charge in [-0.1, -0.05) is 29.3 Å². The van der Waals surface area contributed by atoms with E-state index < -0.39 is 0 Å². The number of aliphatic hydroxyl groups is 1. The van der Waals surface area contributed by atoms with Gasteiger partial charge in [0.25, 0.3) is 0 Å². The van der Waals surface area contributed by atoms with Gasteiger partial charge in [-0.3, -0.25) is 0 Å². The summed E-state index contributed by atoms with van der Waals surface area (Å²) in [5, 5.41) is 11.1. The molecule has 0 radical (unpaired) electrons. The molecule has 1 N–H and O–H groups in total. The van der Waals surface area contributed by atoms with Gasteiger partial charge in [-0.2, -0.15) is 0 Å². The number of rotatable bonds is 4. The van der Waals surface area contributed by atoms with E-state index in [0.717, 1.165) is 25.0 Å². The van der Waals surface area contributed by atoms with Crippen molar-refractivity contribution in [2.45, 2.75) is 31.8 Å². The Bertz CT molecular complexity index is 473. The third-order valence-corrected chi connectivity index (χ3v) is 5.15. The largest absolute Gasteiger partial charge is 0.396 e. The second-order valence-electron chi connectivity index (χ2n) is 5.82. The summed E-state index contributed by atoms with van der Waals surface area (Å²) in [7, 11) is 0. The van der Waals surface area contributed by atoms with Gasteiger partial charge in [0.1, 0.15) is 0 Å². The highest BCUT2D eigenvalue weighted by molar-refractivity contribution is 6.42. The van der Waals surface area contributed by atoms with Crippen molar-refractivity contribution in [2.75, 3.05) is 13.2 Å². The molecule has 1 aromatic rings. The summed E-state index contributed by atoms with van der Waals surface area (Å²) in [4.78, 5) is 0. The molecule has 0 bridgehead atoms. The van der Waals surface area contributed by atoms with Crippen LogP contribution >= 0.6 is 23.2 Å². The maximum atomic E-state index is 9.91. The Hall–Kier alpha value is -0.280. The first-order chi connectivity index (χ1) is 9.14. The molecular formula is C15H18Cl2O2. The molecule has 4 heteroatoms. The fourth-order valence-corrected chi connectivity index (χ4v) is 3.53. The van der Waals surface area contributed by atoms with Crippen LogP contribution in [0.25, 0.3) is 0 Å². The van der Waals surface area contributed by atoms with E-state index in [0.29, 0.717) is 16.0 Å². The molecule has 2 fully saturated rings. The summed E-state index contributed by atoms with van der Waals surface area (Å²) < 4.78 is 5.89. The maximum absolute atomic E-state index is 9.91. The van der Waals surface area contributed by atoms with Crippen molar-refractivity contribution in [1.29, 1.82) is 0 Å². The minimum atomic E-state index is -0.141. The van der Waals surface area contributed by atoms with Gasteiger partial charge in [0, 0.05) is 12.0 Å². The molecular weight excluding hydrogens is 283 g/mol. The Morgan fingerprint density at radius 3 is 2.68 bits per heavy atom. The van der Waals surface area contributed by atoms with E-state index in [9.17, 15) is 5.11 Å². The normalized spacial score (nSPS) is 30.8. The molecule has 2 aliphatic rings. The lowest BCUT2D eigenvalue weighted by Crippen LogP contribution is -2.38. The second-order valence-corrected chi connectivity index (χ2v) is 6.64. The number of halogens is 2. The Morgan fingerprint density at radius 2 is 2.05 bits per heavy atom. The molecule has 2 nitrogen and oxygen atoms in total. The van der Waals surface area contributed by atoms with Crippen LogP contribution < -0.4 is 0 Å². The zero-order valence-corrected chi connectivity index (χ0v) is 12.3. The van der Waals surface area contributed by atoms with Crippen molar-refractivity contribution in [2.24, 2.45) is 11.3 Å². The van der Waals surface area contributed by atoms with Crippen LogP contribution in [0, 0.1) is 11.3 Å². The van der Waals surface area contributed by atoms with Crippen LogP contribution in [0.1, 0.15) is 24.8 Å². The molecule has 0 aromatic heterocycles. The van der Waals surface area contributed by atoms with Gasteiger partial charge >= 0.3 is 0 Å². The van der Waals surface area contributed by atoms with E-state index in [2.05, 4.69) is 0 Å². The average molecular weight is 301 g/mol. The Kier molecular flexibility index (Phi) is 3.78. The van der Waals surface area contributed by atoms with Crippen molar-refractivity contribution < 1.29 is 9.84 Å². The minimum Gasteiger partial charge on any atom is -0.396 e. The highest BCUT2D eigenvalue weighted by Crippen LogP contribution is 2.49. The quantitative estimate of drug-likeness (QED) is 0.918. The summed E-state index contributed by atoms with van der Waals surface area (Å²) in [5.74, 6) is 0.637. The average Bonchev–Trinajstić information content (AvgIpc) is 3.16. The summed E-state index contributed by atoms with van der Waals surface area (Å²) in [6.45, 7) is 0.928. The molecule has 1 heterocycles. The fourth-order valence-electron chi connectivity index (χ4n) is 3.21. The molecule has 1 aromatic carbocycles. The van der Waals surface area contributed by atoms with Gasteiger partial charge in [0.2, 0.25) is 0 Å². The van der Waals surface area contributed by atoms with Crippen LogP contribution in [0.5, 0.6) is 0 Å². The molecule has 0 spiro atoms. The lowest BCUT2D eigenvalue weighted by atomic mass is 9.75. The topological polar surface area (TPSA) is 29.5 Å². The molecule has 1 aliphatic heterocycles. The van der Waals surface area contributed by atoms with Gasteiger partial charge in [-0.15, -0.1) is 0 Å². The monoisotopic (exact) mass is 300 g/mol. The highest BCUT2D eigenvalue weighted by atomic mass is 35.5. The maximum Gasteiger partial charge on any atom is 0.0685 e. The molecule has 104 valence electrons. The predicted octanol–water partition coefficient (Wildman–Crippen LogP) is 3.71. The highest BCUT2D eigenvalue weighted by Gasteiger charge is 2.50. The fraction of sp³-hybridized carbons (Fsp3) is 0.600. The summed E-state index contributed by atoms with van der Waals surface area (Å²) in [5.41, 5.74) is 0.984. The summed E-state index contributed by atoms with van der Waals surface area (Å²) in [6, 6.07) is 5.73. The molecule has 19 heavy (non-hydrogen) atoms. The molecule has 0 amide bonds. The molecule has 3 rings (SSSR count). The van der Waals surface area contributed by atoms with Crippen LogP contribution in [0.3, 0.4) is 0 Å². The first-order valence-corrected chi connectivity index (χ1v) is 7.57. The van der Waals surface area contributed by atoms with E-state index in [4.69, 9.17) is 27.9 Å². The minimum absolute atomic E-state index is 0.141. The van der Waals surface area contributed by atoms with E-state index in [1.54, 1.807) is 0 Å². The van der Waals surface area contributed by atoms with Crippen LogP contribution in [0.15, 0.2) is 18.2 Å². The third-order valence-electron chi connectivity index (χ3n) is 4.41. The van der Waals surface area contributed by atoms with Gasteiger partial charge in [-0.05, 0) is 49.3 Å². The molecule has 1 saturated carbocycles. The van der Waals surface area contributed by atoms with Crippen molar-refractivity contribution in [3.63, 3.8) is 0 Å². The van der Waals surface area contributed by atoms with E-state index >= 15 is 0 Å². The van der Waals surface area contributed by atoms with Crippen molar-refractivity contribution in [3.05, 3.63) is 33.8 Å². The van der Waals surface area contributed by atoms with Crippen molar-refractivity contribution in [1.82, 2.24) is 0 Å². The van der Waals surface area contributed by atoms with Crippen LogP contribution in [-0.4, -0.2) is 24.4 Å². The lowest BCUT2D eigenvalue weighted by molar-refractivity contribution is 0.000587. The molecule has 1 aliphatic carbocycles.